The van der Waals surface area contributed by atoms with Crippen LogP contribution in [-0.2, 0) is 6.42 Å². The molecule has 2 heterocycles. The number of nitriles is 1. The Labute approximate surface area is 112 Å². The average molecular weight is 256 g/mol. The molecule has 0 saturated heterocycles. The van der Waals surface area contributed by atoms with Crippen LogP contribution in [0, 0.1) is 32.1 Å². The number of nitrogens with one attached hydrogen (secondary N) is 1. The maximum absolute atomic E-state index is 8.93. The molecule has 0 amide bonds. The molecule has 98 valence electrons. The second kappa shape index (κ2) is 5.53. The molecule has 5 heteroatoms. The van der Waals surface area contributed by atoms with Crippen molar-refractivity contribution in [2.45, 2.75) is 27.2 Å². The Morgan fingerprint density at radius 3 is 2.74 bits per heavy atom. The van der Waals surface area contributed by atoms with Gasteiger partial charge in [0.25, 0.3) is 0 Å². The van der Waals surface area contributed by atoms with Gasteiger partial charge in [0.05, 0.1) is 5.69 Å². The van der Waals surface area contributed by atoms with E-state index in [2.05, 4.69) is 21.5 Å². The maximum Gasteiger partial charge on any atom is 0.145 e. The number of anilines is 1. The number of nitrogens with zero attached hydrogens (tertiary/aromatic N) is 3. The minimum atomic E-state index is 0.460. The highest BCUT2D eigenvalue weighted by molar-refractivity contribution is 5.42. The Hall–Kier alpha value is -2.35. The molecule has 0 radical (unpaired) electrons. The first-order valence-electron chi connectivity index (χ1n) is 6.15. The molecule has 0 aliphatic rings. The normalized spacial score (nSPS) is 10.2. The van der Waals surface area contributed by atoms with E-state index in [1.54, 1.807) is 0 Å². The molecule has 0 bridgehead atoms. The van der Waals surface area contributed by atoms with Crippen molar-refractivity contribution in [3.05, 3.63) is 40.4 Å². The lowest BCUT2D eigenvalue weighted by molar-refractivity contribution is 0.392. The molecule has 0 aliphatic carbocycles. The third-order valence-electron chi connectivity index (χ3n) is 3.07. The van der Waals surface area contributed by atoms with Crippen molar-refractivity contribution in [3.8, 4) is 6.07 Å². The van der Waals surface area contributed by atoms with Crippen LogP contribution in [0.25, 0.3) is 0 Å². The van der Waals surface area contributed by atoms with Crippen molar-refractivity contribution < 1.29 is 4.52 Å². The smallest absolute Gasteiger partial charge is 0.145 e. The van der Waals surface area contributed by atoms with Gasteiger partial charge in [0, 0.05) is 12.1 Å². The average Bonchev–Trinajstić information content (AvgIpc) is 2.72. The van der Waals surface area contributed by atoms with Crippen LogP contribution >= 0.6 is 0 Å². The molecule has 1 N–H and O–H groups in total. The SMILES string of the molecule is Cc1ccc(NCCc2c(C)noc2C)nc1C#N. The summed E-state index contributed by atoms with van der Waals surface area (Å²) in [5.41, 5.74) is 3.40. The Kier molecular flexibility index (Phi) is 3.81. The summed E-state index contributed by atoms with van der Waals surface area (Å²) in [4.78, 5) is 4.24. The third kappa shape index (κ3) is 2.91. The maximum atomic E-state index is 8.93. The molecule has 19 heavy (non-hydrogen) atoms. The predicted molar refractivity (Wildman–Crippen MR) is 71.9 cm³/mol. The van der Waals surface area contributed by atoms with Crippen LogP contribution in [0.5, 0.6) is 0 Å². The van der Waals surface area contributed by atoms with Crippen molar-refractivity contribution in [1.82, 2.24) is 10.1 Å². The molecule has 0 aromatic carbocycles. The molecule has 0 saturated carbocycles. The van der Waals surface area contributed by atoms with E-state index in [-0.39, 0.29) is 0 Å². The largest absolute Gasteiger partial charge is 0.370 e. The fourth-order valence-electron chi connectivity index (χ4n) is 1.91. The zero-order valence-electron chi connectivity index (χ0n) is 11.3. The van der Waals surface area contributed by atoms with E-state index in [1.807, 2.05) is 32.9 Å². The number of hydrogen-bond donors (Lipinski definition) is 1. The Bertz CT molecular complexity index is 605. The molecule has 2 rings (SSSR count). The molecular weight excluding hydrogens is 240 g/mol. The van der Waals surface area contributed by atoms with Crippen LogP contribution in [0.4, 0.5) is 5.82 Å². The lowest BCUT2D eigenvalue weighted by atomic mass is 10.1. The van der Waals surface area contributed by atoms with Crippen LogP contribution in [0.1, 0.15) is 28.3 Å². The minimum absolute atomic E-state index is 0.460. The highest BCUT2D eigenvalue weighted by Gasteiger charge is 2.08. The molecule has 0 unspecified atom stereocenters. The van der Waals surface area contributed by atoms with Crippen molar-refractivity contribution in [1.29, 1.82) is 5.26 Å². The second-order valence-electron chi connectivity index (χ2n) is 4.45. The highest BCUT2D eigenvalue weighted by Crippen LogP contribution is 2.14. The monoisotopic (exact) mass is 256 g/mol. The van der Waals surface area contributed by atoms with Gasteiger partial charge in [-0.15, -0.1) is 0 Å². The van der Waals surface area contributed by atoms with E-state index in [4.69, 9.17) is 9.78 Å². The molecule has 0 aliphatic heterocycles. The summed E-state index contributed by atoms with van der Waals surface area (Å²) in [6.07, 6.45) is 0.818. The third-order valence-corrected chi connectivity index (χ3v) is 3.07. The first-order valence-corrected chi connectivity index (χ1v) is 6.15. The Morgan fingerprint density at radius 2 is 2.11 bits per heavy atom. The summed E-state index contributed by atoms with van der Waals surface area (Å²) < 4.78 is 5.11. The van der Waals surface area contributed by atoms with Gasteiger partial charge in [0.2, 0.25) is 0 Å². The fourth-order valence-corrected chi connectivity index (χ4v) is 1.91. The molecule has 2 aromatic heterocycles. The van der Waals surface area contributed by atoms with Gasteiger partial charge in [-0.1, -0.05) is 11.2 Å². The lowest BCUT2D eigenvalue weighted by Crippen LogP contribution is -2.08. The van der Waals surface area contributed by atoms with Crippen LogP contribution in [0.15, 0.2) is 16.7 Å². The molecule has 0 fully saturated rings. The number of aromatic nitrogens is 2. The summed E-state index contributed by atoms with van der Waals surface area (Å²) in [7, 11) is 0. The summed E-state index contributed by atoms with van der Waals surface area (Å²) in [5.74, 6) is 1.57. The molecule has 0 atom stereocenters. The standard InChI is InChI=1S/C14H16N4O/c1-9-4-5-14(17-13(9)8-15)16-7-6-12-10(2)18-19-11(12)3/h4-5H,6-7H2,1-3H3,(H,16,17). The van der Waals surface area contributed by atoms with Crippen molar-refractivity contribution in [2.24, 2.45) is 0 Å². The van der Waals surface area contributed by atoms with Gasteiger partial charge in [-0.2, -0.15) is 5.26 Å². The first kappa shape index (κ1) is 13.1. The quantitative estimate of drug-likeness (QED) is 0.909. The van der Waals surface area contributed by atoms with Gasteiger partial charge in [-0.05, 0) is 38.8 Å². The highest BCUT2D eigenvalue weighted by atomic mass is 16.5. The van der Waals surface area contributed by atoms with Gasteiger partial charge in [0.1, 0.15) is 23.3 Å². The van der Waals surface area contributed by atoms with Gasteiger partial charge in [-0.3, -0.25) is 0 Å². The fraction of sp³-hybridized carbons (Fsp3) is 0.357. The number of hydrogen-bond acceptors (Lipinski definition) is 5. The zero-order valence-corrected chi connectivity index (χ0v) is 11.3. The zero-order chi connectivity index (χ0) is 13.8. The summed E-state index contributed by atoms with van der Waals surface area (Å²) in [5, 5.41) is 16.1. The van der Waals surface area contributed by atoms with Gasteiger partial charge in [0.15, 0.2) is 0 Å². The summed E-state index contributed by atoms with van der Waals surface area (Å²) >= 11 is 0. The van der Waals surface area contributed by atoms with Crippen molar-refractivity contribution in [3.63, 3.8) is 0 Å². The van der Waals surface area contributed by atoms with E-state index < -0.39 is 0 Å². The topological polar surface area (TPSA) is 74.7 Å². The van der Waals surface area contributed by atoms with Crippen LogP contribution in [0.2, 0.25) is 0 Å². The van der Waals surface area contributed by atoms with E-state index in [0.29, 0.717) is 11.5 Å². The number of pyridine rings is 1. The van der Waals surface area contributed by atoms with Crippen molar-refractivity contribution >= 4 is 5.82 Å². The van der Waals surface area contributed by atoms with Crippen LogP contribution < -0.4 is 5.32 Å². The Morgan fingerprint density at radius 1 is 1.32 bits per heavy atom. The summed E-state index contributed by atoms with van der Waals surface area (Å²) in [6.45, 7) is 6.44. The van der Waals surface area contributed by atoms with Crippen LogP contribution in [0.3, 0.4) is 0 Å². The van der Waals surface area contributed by atoms with E-state index in [9.17, 15) is 0 Å². The number of rotatable bonds is 4. The first-order chi connectivity index (χ1) is 9.11. The van der Waals surface area contributed by atoms with Gasteiger partial charge >= 0.3 is 0 Å². The molecule has 5 nitrogen and oxygen atoms in total. The molecule has 2 aromatic rings. The van der Waals surface area contributed by atoms with Crippen LogP contribution in [-0.4, -0.2) is 16.7 Å². The lowest BCUT2D eigenvalue weighted by Gasteiger charge is -2.06. The summed E-state index contributed by atoms with van der Waals surface area (Å²) in [6, 6.07) is 5.85. The molecule has 0 spiro atoms. The van der Waals surface area contributed by atoms with E-state index in [1.165, 1.54) is 0 Å². The Balaban J connectivity index is 1.99. The molecular formula is C14H16N4O. The van der Waals surface area contributed by atoms with Gasteiger partial charge in [-0.25, -0.2) is 4.98 Å². The minimum Gasteiger partial charge on any atom is -0.370 e. The number of aryl methyl sites for hydroxylation is 3. The second-order valence-corrected chi connectivity index (χ2v) is 4.45. The predicted octanol–water partition coefficient (Wildman–Crippen LogP) is 2.52. The van der Waals surface area contributed by atoms with Crippen molar-refractivity contribution in [2.75, 3.05) is 11.9 Å². The van der Waals surface area contributed by atoms with Gasteiger partial charge < -0.3 is 9.84 Å². The van der Waals surface area contributed by atoms with E-state index in [0.717, 1.165) is 35.5 Å². The van der Waals surface area contributed by atoms with E-state index >= 15 is 0 Å².